The molecule has 0 N–H and O–H groups in total. The van der Waals surface area contributed by atoms with E-state index < -0.39 is 0 Å². The van der Waals surface area contributed by atoms with Crippen LogP contribution in [0.15, 0.2) is 66.7 Å². The van der Waals surface area contributed by atoms with Gasteiger partial charge in [-0.1, -0.05) is 61.5 Å². The smallest absolute Gasteiger partial charge is 0.162 e. The van der Waals surface area contributed by atoms with Crippen molar-refractivity contribution in [3.05, 3.63) is 94.5 Å². The van der Waals surface area contributed by atoms with Crippen LogP contribution in [0.25, 0.3) is 0 Å². The highest BCUT2D eigenvalue weighted by Crippen LogP contribution is 2.43. The first-order chi connectivity index (χ1) is 14.7. The van der Waals surface area contributed by atoms with Crippen molar-refractivity contribution < 1.29 is 9.47 Å². The highest BCUT2D eigenvalue weighted by atomic mass is 31.0. The number of fused-ring (bicyclic) bond motifs is 2. The Hall–Kier alpha value is -2.31. The van der Waals surface area contributed by atoms with Gasteiger partial charge in [-0.25, -0.2) is 0 Å². The molecule has 0 saturated heterocycles. The minimum Gasteiger partial charge on any atom is -0.482 e. The zero-order valence-electron chi connectivity index (χ0n) is 17.5. The average molecular weight is 417 g/mol. The SMILES string of the molecule is CCC(P)c1ccc(OC2CCc3ccccc32)c(OC2CCc3ccccc32)c1. The predicted octanol–water partition coefficient (Wildman–Crippen LogP) is 7.15. The third-order valence-electron chi connectivity index (χ3n) is 6.53. The van der Waals surface area contributed by atoms with Crippen molar-refractivity contribution in [3.8, 4) is 11.5 Å². The van der Waals surface area contributed by atoms with Gasteiger partial charge in [0.2, 0.25) is 0 Å². The third kappa shape index (κ3) is 3.74. The summed E-state index contributed by atoms with van der Waals surface area (Å²) < 4.78 is 13.2. The Balaban J connectivity index is 1.45. The van der Waals surface area contributed by atoms with Crippen molar-refractivity contribution in [1.29, 1.82) is 0 Å². The van der Waals surface area contributed by atoms with Crippen LogP contribution in [0, 0.1) is 0 Å². The number of hydrogen-bond donors (Lipinski definition) is 0. The highest BCUT2D eigenvalue weighted by molar-refractivity contribution is 7.17. The maximum Gasteiger partial charge on any atom is 0.162 e. The van der Waals surface area contributed by atoms with Crippen LogP contribution in [-0.4, -0.2) is 0 Å². The molecule has 0 aliphatic heterocycles. The van der Waals surface area contributed by atoms with Crippen LogP contribution < -0.4 is 9.47 Å². The van der Waals surface area contributed by atoms with Crippen LogP contribution in [0.1, 0.15) is 71.9 Å². The largest absolute Gasteiger partial charge is 0.482 e. The molecule has 0 amide bonds. The normalized spacial score (nSPS) is 20.5. The zero-order valence-corrected chi connectivity index (χ0v) is 18.7. The summed E-state index contributed by atoms with van der Waals surface area (Å²) in [6, 6.07) is 23.8. The lowest BCUT2D eigenvalue weighted by Gasteiger charge is -2.22. The summed E-state index contributed by atoms with van der Waals surface area (Å²) in [6.07, 6.45) is 5.47. The van der Waals surface area contributed by atoms with Gasteiger partial charge < -0.3 is 9.47 Å². The summed E-state index contributed by atoms with van der Waals surface area (Å²) in [4.78, 5) is 0. The molecule has 0 fully saturated rings. The maximum absolute atomic E-state index is 6.63. The second-order valence-electron chi connectivity index (χ2n) is 8.41. The van der Waals surface area contributed by atoms with Gasteiger partial charge in [-0.05, 0) is 77.7 Å². The molecule has 154 valence electrons. The van der Waals surface area contributed by atoms with Gasteiger partial charge in [0.15, 0.2) is 11.5 Å². The molecule has 3 aromatic carbocycles. The molecule has 5 rings (SSSR count). The van der Waals surface area contributed by atoms with E-state index in [4.69, 9.17) is 9.47 Å². The van der Waals surface area contributed by atoms with Gasteiger partial charge in [0.25, 0.3) is 0 Å². The second kappa shape index (κ2) is 8.44. The predicted molar refractivity (Wildman–Crippen MR) is 125 cm³/mol. The van der Waals surface area contributed by atoms with Gasteiger partial charge in [0.1, 0.15) is 12.2 Å². The quantitative estimate of drug-likeness (QED) is 0.397. The van der Waals surface area contributed by atoms with Crippen LogP contribution in [0.5, 0.6) is 11.5 Å². The lowest BCUT2D eigenvalue weighted by atomic mass is 10.1. The summed E-state index contributed by atoms with van der Waals surface area (Å²) in [5.74, 6) is 1.73. The number of benzene rings is 3. The molecule has 30 heavy (non-hydrogen) atoms. The molecule has 0 radical (unpaired) electrons. The molecule has 4 atom stereocenters. The molecule has 3 aromatic rings. The van der Waals surface area contributed by atoms with E-state index in [9.17, 15) is 0 Å². The fraction of sp³-hybridized carbons (Fsp3) is 0.333. The summed E-state index contributed by atoms with van der Waals surface area (Å²) in [6.45, 7) is 2.21. The fourth-order valence-electron chi connectivity index (χ4n) is 4.77. The van der Waals surface area contributed by atoms with E-state index in [0.29, 0.717) is 5.66 Å². The van der Waals surface area contributed by atoms with Crippen molar-refractivity contribution >= 4 is 9.24 Å². The number of ether oxygens (including phenoxy) is 2. The lowest BCUT2D eigenvalue weighted by molar-refractivity contribution is 0.167. The zero-order chi connectivity index (χ0) is 20.5. The van der Waals surface area contributed by atoms with E-state index in [0.717, 1.165) is 43.6 Å². The Morgan fingerprint density at radius 2 is 1.37 bits per heavy atom. The van der Waals surface area contributed by atoms with E-state index in [-0.39, 0.29) is 12.2 Å². The Kier molecular flexibility index (Phi) is 5.52. The Morgan fingerprint density at radius 3 is 1.97 bits per heavy atom. The molecule has 2 nitrogen and oxygen atoms in total. The van der Waals surface area contributed by atoms with Crippen LogP contribution in [0.2, 0.25) is 0 Å². The Bertz CT molecular complexity index is 1040. The minimum atomic E-state index is 0.0965. The van der Waals surface area contributed by atoms with Crippen molar-refractivity contribution in [2.24, 2.45) is 0 Å². The van der Waals surface area contributed by atoms with Gasteiger partial charge in [-0.15, -0.1) is 9.24 Å². The number of rotatable bonds is 6. The Morgan fingerprint density at radius 1 is 0.800 bits per heavy atom. The number of hydrogen-bond acceptors (Lipinski definition) is 2. The monoisotopic (exact) mass is 416 g/mol. The van der Waals surface area contributed by atoms with Gasteiger partial charge >= 0.3 is 0 Å². The average Bonchev–Trinajstić information content (AvgIpc) is 3.39. The topological polar surface area (TPSA) is 18.5 Å². The maximum atomic E-state index is 6.63. The molecular weight excluding hydrogens is 387 g/mol. The lowest BCUT2D eigenvalue weighted by Crippen LogP contribution is -2.08. The van der Waals surface area contributed by atoms with Crippen LogP contribution in [0.4, 0.5) is 0 Å². The molecule has 0 aromatic heterocycles. The van der Waals surface area contributed by atoms with Gasteiger partial charge in [0, 0.05) is 0 Å². The first-order valence-corrected chi connectivity index (χ1v) is 11.8. The number of aryl methyl sites for hydroxylation is 2. The van der Waals surface area contributed by atoms with Gasteiger partial charge in [0.05, 0.1) is 0 Å². The molecule has 0 saturated carbocycles. The summed E-state index contributed by atoms with van der Waals surface area (Å²) in [5, 5.41) is 0. The van der Waals surface area contributed by atoms with E-state index in [1.807, 2.05) is 0 Å². The highest BCUT2D eigenvalue weighted by Gasteiger charge is 2.28. The molecule has 2 aliphatic carbocycles. The summed E-state index contributed by atoms with van der Waals surface area (Å²) in [5.41, 5.74) is 7.15. The molecule has 0 heterocycles. The van der Waals surface area contributed by atoms with Gasteiger partial charge in [-0.3, -0.25) is 0 Å². The van der Waals surface area contributed by atoms with E-state index >= 15 is 0 Å². The molecular formula is C27H29O2P. The first kappa shape index (κ1) is 19.6. The van der Waals surface area contributed by atoms with Crippen molar-refractivity contribution in [1.82, 2.24) is 0 Å². The van der Waals surface area contributed by atoms with E-state index in [2.05, 4.69) is 82.9 Å². The van der Waals surface area contributed by atoms with Crippen molar-refractivity contribution in [2.75, 3.05) is 0 Å². The standard InChI is InChI=1S/C27H29O2P/c1-2-27(30)20-13-16-25(28-23-14-11-18-7-3-5-9-21(18)23)26(17-20)29-24-15-12-19-8-4-6-10-22(19)24/h3-10,13,16-17,23-24,27H,2,11-12,14-15,30H2,1H3. The van der Waals surface area contributed by atoms with Crippen LogP contribution in [-0.2, 0) is 12.8 Å². The van der Waals surface area contributed by atoms with Crippen LogP contribution >= 0.6 is 9.24 Å². The van der Waals surface area contributed by atoms with E-state index in [1.165, 1.54) is 27.8 Å². The summed E-state index contributed by atoms with van der Waals surface area (Å²) >= 11 is 0. The first-order valence-electron chi connectivity index (χ1n) is 11.1. The van der Waals surface area contributed by atoms with Gasteiger partial charge in [-0.2, -0.15) is 0 Å². The fourth-order valence-corrected chi connectivity index (χ4v) is 4.98. The third-order valence-corrected chi connectivity index (χ3v) is 7.39. The molecule has 3 heteroatoms. The second-order valence-corrected chi connectivity index (χ2v) is 9.21. The Labute approximate surface area is 181 Å². The van der Waals surface area contributed by atoms with Crippen molar-refractivity contribution in [3.63, 3.8) is 0 Å². The summed E-state index contributed by atoms with van der Waals surface area (Å²) in [7, 11) is 2.95. The minimum absolute atomic E-state index is 0.0965. The molecule has 0 spiro atoms. The molecule has 2 aliphatic rings. The molecule has 0 bridgehead atoms. The molecule has 4 unspecified atom stereocenters. The van der Waals surface area contributed by atoms with Crippen LogP contribution in [0.3, 0.4) is 0 Å². The van der Waals surface area contributed by atoms with Crippen molar-refractivity contribution in [2.45, 2.75) is 56.9 Å². The van der Waals surface area contributed by atoms with E-state index in [1.54, 1.807) is 0 Å².